The Hall–Kier alpha value is -2.34. The molecule has 2 aromatic rings. The van der Waals surface area contributed by atoms with Gasteiger partial charge in [-0.2, -0.15) is 5.10 Å². The first kappa shape index (κ1) is 13.1. The minimum absolute atomic E-state index is 0.187. The Bertz CT molecular complexity index is 620. The van der Waals surface area contributed by atoms with E-state index in [1.807, 2.05) is 0 Å². The number of carbonyl (C=O) groups excluding carboxylic acids is 1. The molecular formula is C13H15N3O3. The molecule has 1 aromatic carbocycles. The lowest BCUT2D eigenvalue weighted by Gasteiger charge is -2.10. The average Bonchev–Trinajstić information content (AvgIpc) is 2.64. The number of carbonyl (C=O) groups is 1. The number of primary amides is 1. The zero-order valence-corrected chi connectivity index (χ0v) is 10.8. The molecule has 6 heteroatoms. The van der Waals surface area contributed by atoms with E-state index in [1.165, 1.54) is 4.68 Å². The summed E-state index contributed by atoms with van der Waals surface area (Å²) in [5, 5.41) is 13.5. The van der Waals surface area contributed by atoms with Crippen LogP contribution in [0.2, 0.25) is 0 Å². The molecule has 0 bridgehead atoms. The topological polar surface area (TPSA) is 90.4 Å². The molecule has 0 fully saturated rings. The fourth-order valence-corrected chi connectivity index (χ4v) is 1.85. The Kier molecular flexibility index (Phi) is 3.52. The third-order valence-corrected chi connectivity index (χ3v) is 2.81. The smallest absolute Gasteiger partial charge is 0.252 e. The van der Waals surface area contributed by atoms with E-state index in [4.69, 9.17) is 10.5 Å². The average molecular weight is 261 g/mol. The fourth-order valence-electron chi connectivity index (χ4n) is 1.85. The number of hydrogen-bond acceptors (Lipinski definition) is 4. The third-order valence-electron chi connectivity index (χ3n) is 2.81. The van der Waals surface area contributed by atoms with E-state index in [1.54, 1.807) is 38.2 Å². The normalized spacial score (nSPS) is 10.5. The van der Waals surface area contributed by atoms with E-state index in [0.717, 1.165) is 0 Å². The summed E-state index contributed by atoms with van der Waals surface area (Å²) in [5.41, 5.74) is 6.84. The van der Waals surface area contributed by atoms with Gasteiger partial charge in [0, 0.05) is 7.05 Å². The lowest BCUT2D eigenvalue weighted by molar-refractivity contribution is 0.0998. The zero-order chi connectivity index (χ0) is 14.0. The molecule has 1 heterocycles. The van der Waals surface area contributed by atoms with Crippen LogP contribution in [0.5, 0.6) is 11.6 Å². The minimum atomic E-state index is -0.569. The molecular weight excluding hydrogens is 246 g/mol. The van der Waals surface area contributed by atoms with Gasteiger partial charge in [-0.1, -0.05) is 12.1 Å². The summed E-state index contributed by atoms with van der Waals surface area (Å²) in [6, 6.07) is 6.67. The van der Waals surface area contributed by atoms with Crippen LogP contribution in [-0.4, -0.2) is 20.8 Å². The van der Waals surface area contributed by atoms with E-state index in [2.05, 4.69) is 5.10 Å². The molecule has 0 aliphatic rings. The van der Waals surface area contributed by atoms with Gasteiger partial charge in [-0.25, -0.2) is 4.68 Å². The Morgan fingerprint density at radius 2 is 2.16 bits per heavy atom. The fraction of sp³-hybridized carbons (Fsp3) is 0.231. The Balaban J connectivity index is 2.45. The van der Waals surface area contributed by atoms with Crippen LogP contribution in [0.15, 0.2) is 24.3 Å². The number of para-hydroxylation sites is 1. The van der Waals surface area contributed by atoms with Crippen LogP contribution in [0.25, 0.3) is 0 Å². The molecule has 1 amide bonds. The lowest BCUT2D eigenvalue weighted by atomic mass is 10.2. The Labute approximate surface area is 110 Å². The predicted molar refractivity (Wildman–Crippen MR) is 68.9 cm³/mol. The van der Waals surface area contributed by atoms with Crippen molar-refractivity contribution in [1.29, 1.82) is 0 Å². The third kappa shape index (κ3) is 2.43. The molecule has 2 rings (SSSR count). The predicted octanol–water partition coefficient (Wildman–Crippen LogP) is 1.11. The van der Waals surface area contributed by atoms with Crippen LogP contribution in [-0.2, 0) is 13.7 Å². The van der Waals surface area contributed by atoms with Crippen molar-refractivity contribution in [3.8, 4) is 11.6 Å². The number of aliphatic hydroxyl groups is 1. The molecule has 0 saturated heterocycles. The van der Waals surface area contributed by atoms with Gasteiger partial charge in [0.2, 0.25) is 5.88 Å². The molecule has 0 radical (unpaired) electrons. The molecule has 1 aromatic heterocycles. The van der Waals surface area contributed by atoms with Gasteiger partial charge in [0.1, 0.15) is 5.75 Å². The number of ether oxygens (including phenoxy) is 1. The first-order valence-corrected chi connectivity index (χ1v) is 5.74. The maximum atomic E-state index is 11.3. The van der Waals surface area contributed by atoms with E-state index in [-0.39, 0.29) is 12.2 Å². The number of aromatic nitrogens is 2. The minimum Gasteiger partial charge on any atom is -0.438 e. The monoisotopic (exact) mass is 261 g/mol. The van der Waals surface area contributed by atoms with Crippen LogP contribution in [0.4, 0.5) is 0 Å². The first-order valence-electron chi connectivity index (χ1n) is 5.74. The van der Waals surface area contributed by atoms with Crippen LogP contribution in [0, 0.1) is 6.92 Å². The molecule has 0 spiro atoms. The van der Waals surface area contributed by atoms with Gasteiger partial charge in [-0.05, 0) is 19.1 Å². The van der Waals surface area contributed by atoms with Crippen molar-refractivity contribution in [1.82, 2.24) is 9.78 Å². The molecule has 0 aliphatic carbocycles. The van der Waals surface area contributed by atoms with E-state index < -0.39 is 5.91 Å². The SMILES string of the molecule is Cc1nn(C)c(Oc2ccccc2C(N)=O)c1CO. The lowest BCUT2D eigenvalue weighted by Crippen LogP contribution is -2.12. The first-order chi connectivity index (χ1) is 9.04. The molecule has 0 unspecified atom stereocenters. The maximum absolute atomic E-state index is 11.3. The molecule has 0 saturated carbocycles. The van der Waals surface area contributed by atoms with Crippen LogP contribution >= 0.6 is 0 Å². The van der Waals surface area contributed by atoms with E-state index >= 15 is 0 Å². The number of aliphatic hydroxyl groups excluding tert-OH is 1. The van der Waals surface area contributed by atoms with Gasteiger partial charge in [-0.15, -0.1) is 0 Å². The summed E-state index contributed by atoms with van der Waals surface area (Å²) in [6.07, 6.45) is 0. The van der Waals surface area contributed by atoms with E-state index in [0.29, 0.717) is 22.9 Å². The number of rotatable bonds is 4. The Morgan fingerprint density at radius 3 is 2.79 bits per heavy atom. The van der Waals surface area contributed by atoms with Crippen LogP contribution in [0.1, 0.15) is 21.6 Å². The summed E-state index contributed by atoms with van der Waals surface area (Å²) in [6.45, 7) is 1.59. The van der Waals surface area contributed by atoms with Crippen molar-refractivity contribution in [2.24, 2.45) is 12.8 Å². The standard InChI is InChI=1S/C13H15N3O3/c1-8-10(7-17)13(16(2)15-8)19-11-6-4-3-5-9(11)12(14)18/h3-6,17H,7H2,1-2H3,(H2,14,18). The number of aryl methyl sites for hydroxylation is 2. The van der Waals surface area contributed by atoms with Gasteiger partial charge < -0.3 is 15.6 Å². The zero-order valence-electron chi connectivity index (χ0n) is 10.8. The molecule has 3 N–H and O–H groups in total. The number of nitrogens with zero attached hydrogens (tertiary/aromatic N) is 2. The van der Waals surface area contributed by atoms with Gasteiger partial charge >= 0.3 is 0 Å². The van der Waals surface area contributed by atoms with Crippen LogP contribution in [0.3, 0.4) is 0 Å². The molecule has 100 valence electrons. The molecule has 19 heavy (non-hydrogen) atoms. The van der Waals surface area contributed by atoms with Gasteiger partial charge in [-0.3, -0.25) is 4.79 Å². The van der Waals surface area contributed by atoms with Crippen LogP contribution < -0.4 is 10.5 Å². The highest BCUT2D eigenvalue weighted by Crippen LogP contribution is 2.29. The van der Waals surface area contributed by atoms with Crippen molar-refractivity contribution < 1.29 is 14.6 Å². The highest BCUT2D eigenvalue weighted by Gasteiger charge is 2.17. The van der Waals surface area contributed by atoms with E-state index in [9.17, 15) is 9.90 Å². The summed E-state index contributed by atoms with van der Waals surface area (Å²) in [5.74, 6) is 0.168. The van der Waals surface area contributed by atoms with Crippen molar-refractivity contribution in [3.05, 3.63) is 41.1 Å². The molecule has 0 atom stereocenters. The number of nitrogens with two attached hydrogens (primary N) is 1. The second kappa shape index (κ2) is 5.11. The number of amides is 1. The summed E-state index contributed by atoms with van der Waals surface area (Å²) in [7, 11) is 1.70. The highest BCUT2D eigenvalue weighted by molar-refractivity contribution is 5.95. The molecule has 0 aliphatic heterocycles. The van der Waals surface area contributed by atoms with Crippen molar-refractivity contribution in [3.63, 3.8) is 0 Å². The number of hydrogen-bond donors (Lipinski definition) is 2. The second-order valence-corrected chi connectivity index (χ2v) is 4.11. The Morgan fingerprint density at radius 1 is 1.47 bits per heavy atom. The van der Waals surface area contributed by atoms with Crippen molar-refractivity contribution in [2.75, 3.05) is 0 Å². The van der Waals surface area contributed by atoms with Gasteiger partial charge in [0.15, 0.2) is 0 Å². The van der Waals surface area contributed by atoms with Gasteiger partial charge in [0.05, 0.1) is 23.4 Å². The van der Waals surface area contributed by atoms with Crippen molar-refractivity contribution in [2.45, 2.75) is 13.5 Å². The summed E-state index contributed by atoms with van der Waals surface area (Å²) in [4.78, 5) is 11.3. The maximum Gasteiger partial charge on any atom is 0.252 e. The molecule has 6 nitrogen and oxygen atoms in total. The largest absolute Gasteiger partial charge is 0.438 e. The highest BCUT2D eigenvalue weighted by atomic mass is 16.5. The number of benzene rings is 1. The van der Waals surface area contributed by atoms with Gasteiger partial charge in [0.25, 0.3) is 5.91 Å². The summed E-state index contributed by atoms with van der Waals surface area (Å²) < 4.78 is 7.20. The van der Waals surface area contributed by atoms with Crippen molar-refractivity contribution >= 4 is 5.91 Å². The quantitative estimate of drug-likeness (QED) is 0.862. The second-order valence-electron chi connectivity index (χ2n) is 4.11. The summed E-state index contributed by atoms with van der Waals surface area (Å²) >= 11 is 0.